The minimum atomic E-state index is -0.401. The summed E-state index contributed by atoms with van der Waals surface area (Å²) in [6, 6.07) is 6.99. The topological polar surface area (TPSA) is 55.1 Å². The van der Waals surface area contributed by atoms with Crippen LogP contribution in [0.5, 0.6) is 0 Å². The maximum atomic E-state index is 11.6. The normalized spacial score (nSPS) is 12.2. The molecule has 0 saturated carbocycles. The van der Waals surface area contributed by atoms with Gasteiger partial charge in [-0.05, 0) is 24.1 Å². The number of benzene rings is 1. The maximum Gasteiger partial charge on any atom is 0.237 e. The predicted octanol–water partition coefficient (Wildman–Crippen LogP) is 2.47. The van der Waals surface area contributed by atoms with Crippen LogP contribution in [0.15, 0.2) is 24.3 Å². The summed E-state index contributed by atoms with van der Waals surface area (Å²) in [4.78, 5) is 11.6. The van der Waals surface area contributed by atoms with E-state index in [2.05, 4.69) is 12.2 Å². The Morgan fingerprint density at radius 3 is 2.65 bits per heavy atom. The van der Waals surface area contributed by atoms with E-state index in [9.17, 15) is 4.79 Å². The summed E-state index contributed by atoms with van der Waals surface area (Å²) >= 11 is 5.77. The molecule has 4 heteroatoms. The minimum Gasteiger partial charge on any atom is -0.351 e. The van der Waals surface area contributed by atoms with E-state index in [1.165, 1.54) is 0 Å². The number of rotatable bonds is 6. The SMILES string of the molecule is CCCC[C@H](N)C(=O)NCc1ccc(Cl)cc1. The van der Waals surface area contributed by atoms with E-state index in [1.54, 1.807) is 12.1 Å². The number of hydrogen-bond donors (Lipinski definition) is 2. The molecule has 0 spiro atoms. The number of nitrogens with two attached hydrogens (primary N) is 1. The van der Waals surface area contributed by atoms with E-state index in [0.29, 0.717) is 11.6 Å². The van der Waals surface area contributed by atoms with Gasteiger partial charge in [0, 0.05) is 11.6 Å². The first-order valence-electron chi connectivity index (χ1n) is 5.91. The van der Waals surface area contributed by atoms with Crippen molar-refractivity contribution in [2.24, 2.45) is 5.73 Å². The van der Waals surface area contributed by atoms with Crippen LogP contribution in [-0.2, 0) is 11.3 Å². The summed E-state index contributed by atoms with van der Waals surface area (Å²) in [5.74, 6) is -0.0894. The molecule has 3 nitrogen and oxygen atoms in total. The highest BCUT2D eigenvalue weighted by atomic mass is 35.5. The van der Waals surface area contributed by atoms with Crippen LogP contribution in [0.1, 0.15) is 31.7 Å². The van der Waals surface area contributed by atoms with Crippen LogP contribution in [-0.4, -0.2) is 11.9 Å². The molecule has 0 aliphatic heterocycles. The molecule has 17 heavy (non-hydrogen) atoms. The summed E-state index contributed by atoms with van der Waals surface area (Å²) < 4.78 is 0. The number of halogens is 1. The molecule has 1 amide bonds. The Labute approximate surface area is 107 Å². The fourth-order valence-electron chi connectivity index (χ4n) is 1.48. The van der Waals surface area contributed by atoms with Crippen LogP contribution in [0.2, 0.25) is 5.02 Å². The average molecular weight is 255 g/mol. The molecule has 1 aromatic rings. The standard InChI is InChI=1S/C13H19ClN2O/c1-2-3-4-12(15)13(17)16-9-10-5-7-11(14)8-6-10/h5-8,12H,2-4,9,15H2,1H3,(H,16,17)/t12-/m0/s1. The third-order valence-corrected chi connectivity index (χ3v) is 2.84. The number of carbonyl (C=O) groups excluding carboxylic acids is 1. The predicted molar refractivity (Wildman–Crippen MR) is 70.8 cm³/mol. The van der Waals surface area contributed by atoms with Crippen LogP contribution in [0.4, 0.5) is 0 Å². The van der Waals surface area contributed by atoms with Gasteiger partial charge in [-0.2, -0.15) is 0 Å². The van der Waals surface area contributed by atoms with Crippen LogP contribution in [0.25, 0.3) is 0 Å². The molecule has 3 N–H and O–H groups in total. The van der Waals surface area contributed by atoms with Crippen molar-refractivity contribution in [3.63, 3.8) is 0 Å². The molecule has 1 rings (SSSR count). The van der Waals surface area contributed by atoms with E-state index in [0.717, 1.165) is 24.8 Å². The number of hydrogen-bond acceptors (Lipinski definition) is 2. The summed E-state index contributed by atoms with van der Waals surface area (Å²) in [6.45, 7) is 2.58. The van der Waals surface area contributed by atoms with Gasteiger partial charge in [0.2, 0.25) is 5.91 Å². The summed E-state index contributed by atoms with van der Waals surface area (Å²) in [5, 5.41) is 3.51. The van der Waals surface area contributed by atoms with Crippen LogP contribution in [0, 0.1) is 0 Å². The Morgan fingerprint density at radius 2 is 2.06 bits per heavy atom. The molecule has 0 saturated heterocycles. The fourth-order valence-corrected chi connectivity index (χ4v) is 1.60. The van der Waals surface area contributed by atoms with Gasteiger partial charge in [-0.15, -0.1) is 0 Å². The Bertz CT molecular complexity index is 351. The molecule has 94 valence electrons. The second kappa shape index (κ2) is 7.30. The molecular weight excluding hydrogens is 236 g/mol. The van der Waals surface area contributed by atoms with Gasteiger partial charge in [0.1, 0.15) is 0 Å². The third kappa shape index (κ3) is 5.20. The zero-order valence-electron chi connectivity index (χ0n) is 10.1. The lowest BCUT2D eigenvalue weighted by atomic mass is 10.1. The Kier molecular flexibility index (Phi) is 6.01. The van der Waals surface area contributed by atoms with Gasteiger partial charge >= 0.3 is 0 Å². The van der Waals surface area contributed by atoms with E-state index in [1.807, 2.05) is 12.1 Å². The van der Waals surface area contributed by atoms with Crippen molar-refractivity contribution in [1.82, 2.24) is 5.32 Å². The van der Waals surface area contributed by atoms with E-state index < -0.39 is 6.04 Å². The van der Waals surface area contributed by atoms with Gasteiger partial charge in [-0.1, -0.05) is 43.5 Å². The lowest BCUT2D eigenvalue weighted by molar-refractivity contribution is -0.122. The van der Waals surface area contributed by atoms with Crippen molar-refractivity contribution in [1.29, 1.82) is 0 Å². The van der Waals surface area contributed by atoms with Crippen LogP contribution in [0.3, 0.4) is 0 Å². The number of amides is 1. The Balaban J connectivity index is 2.34. The fraction of sp³-hybridized carbons (Fsp3) is 0.462. The van der Waals surface area contributed by atoms with Gasteiger partial charge in [0.15, 0.2) is 0 Å². The number of unbranched alkanes of at least 4 members (excludes halogenated alkanes) is 1. The minimum absolute atomic E-state index is 0.0894. The highest BCUT2D eigenvalue weighted by Crippen LogP contribution is 2.09. The van der Waals surface area contributed by atoms with Crippen molar-refractivity contribution in [3.05, 3.63) is 34.9 Å². The summed E-state index contributed by atoms with van der Waals surface area (Å²) in [7, 11) is 0. The van der Waals surface area contributed by atoms with Crippen molar-refractivity contribution >= 4 is 17.5 Å². The summed E-state index contributed by atoms with van der Waals surface area (Å²) in [6.07, 6.45) is 2.77. The van der Waals surface area contributed by atoms with Crippen molar-refractivity contribution < 1.29 is 4.79 Å². The van der Waals surface area contributed by atoms with Gasteiger partial charge in [0.05, 0.1) is 6.04 Å². The first kappa shape index (κ1) is 14.0. The molecular formula is C13H19ClN2O. The quantitative estimate of drug-likeness (QED) is 0.820. The Morgan fingerprint density at radius 1 is 1.41 bits per heavy atom. The first-order valence-corrected chi connectivity index (χ1v) is 6.29. The summed E-state index contributed by atoms with van der Waals surface area (Å²) in [5.41, 5.74) is 6.78. The van der Waals surface area contributed by atoms with Crippen molar-refractivity contribution in [2.75, 3.05) is 0 Å². The second-order valence-electron chi connectivity index (χ2n) is 4.09. The molecule has 0 aromatic heterocycles. The molecule has 1 atom stereocenters. The average Bonchev–Trinajstić information content (AvgIpc) is 2.34. The largest absolute Gasteiger partial charge is 0.351 e. The molecule has 0 unspecified atom stereocenters. The molecule has 0 bridgehead atoms. The zero-order valence-corrected chi connectivity index (χ0v) is 10.8. The van der Waals surface area contributed by atoms with Gasteiger partial charge in [-0.3, -0.25) is 4.79 Å². The monoisotopic (exact) mass is 254 g/mol. The van der Waals surface area contributed by atoms with Crippen LogP contribution < -0.4 is 11.1 Å². The van der Waals surface area contributed by atoms with Gasteiger partial charge in [0.25, 0.3) is 0 Å². The first-order chi connectivity index (χ1) is 8.13. The molecule has 0 fully saturated rings. The lowest BCUT2D eigenvalue weighted by Gasteiger charge is -2.11. The molecule has 0 aliphatic carbocycles. The third-order valence-electron chi connectivity index (χ3n) is 2.59. The van der Waals surface area contributed by atoms with Crippen LogP contribution >= 0.6 is 11.6 Å². The molecule has 1 aromatic carbocycles. The molecule has 0 radical (unpaired) electrons. The number of carbonyl (C=O) groups is 1. The Hall–Kier alpha value is -1.06. The smallest absolute Gasteiger partial charge is 0.237 e. The molecule has 0 aliphatic rings. The van der Waals surface area contributed by atoms with E-state index in [-0.39, 0.29) is 5.91 Å². The van der Waals surface area contributed by atoms with Gasteiger partial charge in [-0.25, -0.2) is 0 Å². The second-order valence-corrected chi connectivity index (χ2v) is 4.53. The highest BCUT2D eigenvalue weighted by molar-refractivity contribution is 6.30. The zero-order chi connectivity index (χ0) is 12.7. The maximum absolute atomic E-state index is 11.6. The van der Waals surface area contributed by atoms with E-state index >= 15 is 0 Å². The lowest BCUT2D eigenvalue weighted by Crippen LogP contribution is -2.40. The highest BCUT2D eigenvalue weighted by Gasteiger charge is 2.11. The van der Waals surface area contributed by atoms with Crippen molar-refractivity contribution in [3.8, 4) is 0 Å². The van der Waals surface area contributed by atoms with Crippen molar-refractivity contribution in [2.45, 2.75) is 38.8 Å². The van der Waals surface area contributed by atoms with E-state index in [4.69, 9.17) is 17.3 Å². The van der Waals surface area contributed by atoms with Gasteiger partial charge < -0.3 is 11.1 Å². The molecule has 0 heterocycles. The number of nitrogens with one attached hydrogen (secondary N) is 1.